The van der Waals surface area contributed by atoms with Crippen LogP contribution >= 0.6 is 11.8 Å². The maximum Gasteiger partial charge on any atom is 0.258 e. The lowest BCUT2D eigenvalue weighted by Gasteiger charge is -2.01. The van der Waals surface area contributed by atoms with E-state index < -0.39 is 9.84 Å². The second-order valence-corrected chi connectivity index (χ2v) is 7.90. The number of hydrogen-bond donors (Lipinski definition) is 0. The maximum atomic E-state index is 11.4. The minimum absolute atomic E-state index is 0.322. The number of thioether (sulfide) groups is 1. The van der Waals surface area contributed by atoms with Crippen molar-refractivity contribution in [3.05, 3.63) is 47.7 Å². The van der Waals surface area contributed by atoms with Gasteiger partial charge in [-0.25, -0.2) is 13.4 Å². The molecule has 0 saturated heterocycles. The van der Waals surface area contributed by atoms with E-state index in [1.54, 1.807) is 24.3 Å². The van der Waals surface area contributed by atoms with Crippen molar-refractivity contribution in [2.24, 2.45) is 0 Å². The summed E-state index contributed by atoms with van der Waals surface area (Å²) >= 11 is 1.45. The number of fused-ring (bicyclic) bond motifs is 1. The standard InChI is InChI=1S/C15H14N2O3S2/c1-10-3-8-13-14(16-10)17-15(20-13)21-9-11-4-6-12(7-5-11)22(2,18)19/h3-8H,9H2,1-2H3. The molecule has 5 nitrogen and oxygen atoms in total. The Balaban J connectivity index is 1.73. The minimum atomic E-state index is -3.15. The van der Waals surface area contributed by atoms with Crippen LogP contribution in [0.5, 0.6) is 0 Å². The first-order valence-corrected chi connectivity index (χ1v) is 9.45. The highest BCUT2D eigenvalue weighted by Gasteiger charge is 2.09. The number of pyridine rings is 1. The fourth-order valence-corrected chi connectivity index (χ4v) is 3.35. The lowest BCUT2D eigenvalue weighted by atomic mass is 10.2. The highest BCUT2D eigenvalue weighted by atomic mass is 32.2. The summed E-state index contributed by atoms with van der Waals surface area (Å²) in [5.41, 5.74) is 3.17. The van der Waals surface area contributed by atoms with E-state index >= 15 is 0 Å². The third-order valence-electron chi connectivity index (χ3n) is 3.09. The number of oxazole rings is 1. The Bertz CT molecular complexity index is 916. The fraction of sp³-hybridized carbons (Fsp3) is 0.200. The second kappa shape index (κ2) is 5.73. The quantitative estimate of drug-likeness (QED) is 0.682. The molecule has 22 heavy (non-hydrogen) atoms. The normalized spacial score (nSPS) is 11.9. The van der Waals surface area contributed by atoms with Gasteiger partial charge in [-0.15, -0.1) is 0 Å². The van der Waals surface area contributed by atoms with Crippen molar-refractivity contribution in [3.63, 3.8) is 0 Å². The number of aromatic nitrogens is 2. The van der Waals surface area contributed by atoms with E-state index in [2.05, 4.69) is 9.97 Å². The Morgan fingerprint density at radius 3 is 2.50 bits per heavy atom. The lowest BCUT2D eigenvalue weighted by Crippen LogP contribution is -1.96. The summed E-state index contributed by atoms with van der Waals surface area (Å²) in [5, 5.41) is 0.556. The lowest BCUT2D eigenvalue weighted by molar-refractivity contribution is 0.489. The summed E-state index contributed by atoms with van der Waals surface area (Å²) in [7, 11) is -3.15. The van der Waals surface area contributed by atoms with Crippen molar-refractivity contribution < 1.29 is 12.8 Å². The topological polar surface area (TPSA) is 73.1 Å². The van der Waals surface area contributed by atoms with Crippen LogP contribution in [0, 0.1) is 6.92 Å². The van der Waals surface area contributed by atoms with Gasteiger partial charge in [0.05, 0.1) is 4.90 Å². The van der Waals surface area contributed by atoms with Crippen LogP contribution in [0.15, 0.2) is 50.9 Å². The van der Waals surface area contributed by atoms with Crippen molar-refractivity contribution in [3.8, 4) is 0 Å². The highest BCUT2D eigenvalue weighted by Crippen LogP contribution is 2.26. The average Bonchev–Trinajstić information content (AvgIpc) is 2.86. The summed E-state index contributed by atoms with van der Waals surface area (Å²) in [5.74, 6) is 0.649. The zero-order chi connectivity index (χ0) is 15.7. The first-order chi connectivity index (χ1) is 10.4. The van der Waals surface area contributed by atoms with Gasteiger partial charge in [0.2, 0.25) is 0 Å². The van der Waals surface area contributed by atoms with Gasteiger partial charge in [0.1, 0.15) is 0 Å². The maximum absolute atomic E-state index is 11.4. The van der Waals surface area contributed by atoms with Gasteiger partial charge in [-0.3, -0.25) is 0 Å². The monoisotopic (exact) mass is 334 g/mol. The molecule has 0 bridgehead atoms. The third kappa shape index (κ3) is 3.31. The van der Waals surface area contributed by atoms with E-state index in [9.17, 15) is 8.42 Å². The van der Waals surface area contributed by atoms with Crippen LogP contribution in [0.4, 0.5) is 0 Å². The molecule has 3 aromatic rings. The van der Waals surface area contributed by atoms with E-state index in [4.69, 9.17) is 4.42 Å². The Morgan fingerprint density at radius 1 is 1.09 bits per heavy atom. The van der Waals surface area contributed by atoms with Gasteiger partial charge in [0.25, 0.3) is 5.22 Å². The van der Waals surface area contributed by atoms with Crippen molar-refractivity contribution >= 4 is 32.8 Å². The zero-order valence-corrected chi connectivity index (χ0v) is 13.7. The molecule has 0 aliphatic heterocycles. The molecule has 0 unspecified atom stereocenters. The Labute approximate surface area is 132 Å². The molecule has 0 radical (unpaired) electrons. The summed E-state index contributed by atoms with van der Waals surface area (Å²) in [6.45, 7) is 1.91. The van der Waals surface area contributed by atoms with Crippen molar-refractivity contribution in [2.45, 2.75) is 22.8 Å². The summed E-state index contributed by atoms with van der Waals surface area (Å²) in [4.78, 5) is 8.96. The van der Waals surface area contributed by atoms with Crippen LogP contribution in [0.2, 0.25) is 0 Å². The van der Waals surface area contributed by atoms with Gasteiger partial charge in [-0.1, -0.05) is 23.9 Å². The van der Waals surface area contributed by atoms with E-state index in [1.165, 1.54) is 18.0 Å². The molecule has 2 heterocycles. The SMILES string of the molecule is Cc1ccc2oc(SCc3ccc(S(C)(=O)=O)cc3)nc2n1. The Hall–Kier alpha value is -1.86. The molecule has 7 heteroatoms. The molecule has 0 aliphatic carbocycles. The van der Waals surface area contributed by atoms with Crippen molar-refractivity contribution in [1.82, 2.24) is 9.97 Å². The van der Waals surface area contributed by atoms with Gasteiger partial charge in [-0.05, 0) is 36.8 Å². The molecule has 0 N–H and O–H groups in total. The molecule has 2 aromatic heterocycles. The van der Waals surface area contributed by atoms with Gasteiger partial charge < -0.3 is 4.42 Å². The molecule has 0 spiro atoms. The molecular weight excluding hydrogens is 320 g/mol. The summed E-state index contributed by atoms with van der Waals surface area (Å²) in [6.07, 6.45) is 1.20. The van der Waals surface area contributed by atoms with Gasteiger partial charge in [0.15, 0.2) is 21.1 Å². The van der Waals surface area contributed by atoms with E-state index in [0.717, 1.165) is 11.3 Å². The smallest absolute Gasteiger partial charge is 0.258 e. The molecule has 3 rings (SSSR count). The molecule has 0 aliphatic rings. The molecule has 0 amide bonds. The molecule has 0 atom stereocenters. The largest absolute Gasteiger partial charge is 0.430 e. The Kier molecular flexibility index (Phi) is 3.92. The van der Waals surface area contributed by atoms with Crippen LogP contribution in [0.25, 0.3) is 11.2 Å². The van der Waals surface area contributed by atoms with E-state index in [1.807, 2.05) is 19.1 Å². The second-order valence-electron chi connectivity index (χ2n) is 4.96. The van der Waals surface area contributed by atoms with Crippen LogP contribution in [0.3, 0.4) is 0 Å². The third-order valence-corrected chi connectivity index (χ3v) is 5.11. The van der Waals surface area contributed by atoms with Crippen LogP contribution in [0.1, 0.15) is 11.3 Å². The molecule has 0 fully saturated rings. The van der Waals surface area contributed by atoms with Gasteiger partial charge in [0, 0.05) is 17.7 Å². The van der Waals surface area contributed by atoms with Crippen molar-refractivity contribution in [1.29, 1.82) is 0 Å². The number of hydrogen-bond acceptors (Lipinski definition) is 6. The number of aryl methyl sites for hydroxylation is 1. The fourth-order valence-electron chi connectivity index (χ4n) is 1.93. The van der Waals surface area contributed by atoms with E-state index in [-0.39, 0.29) is 0 Å². The summed E-state index contributed by atoms with van der Waals surface area (Å²) in [6, 6.07) is 10.6. The van der Waals surface area contributed by atoms with E-state index in [0.29, 0.717) is 27.1 Å². The number of nitrogens with zero attached hydrogens (tertiary/aromatic N) is 2. The number of rotatable bonds is 4. The predicted octanol–water partition coefficient (Wildman–Crippen LogP) is 3.23. The minimum Gasteiger partial charge on any atom is -0.430 e. The molecule has 0 saturated carbocycles. The summed E-state index contributed by atoms with van der Waals surface area (Å²) < 4.78 is 28.4. The number of benzene rings is 1. The van der Waals surface area contributed by atoms with Crippen LogP contribution < -0.4 is 0 Å². The highest BCUT2D eigenvalue weighted by molar-refractivity contribution is 7.98. The van der Waals surface area contributed by atoms with Crippen LogP contribution in [-0.4, -0.2) is 24.6 Å². The average molecular weight is 334 g/mol. The van der Waals surface area contributed by atoms with Crippen LogP contribution in [-0.2, 0) is 15.6 Å². The zero-order valence-electron chi connectivity index (χ0n) is 12.1. The van der Waals surface area contributed by atoms with Crippen molar-refractivity contribution in [2.75, 3.05) is 6.26 Å². The van der Waals surface area contributed by atoms with Gasteiger partial charge in [-0.2, -0.15) is 4.98 Å². The predicted molar refractivity (Wildman–Crippen MR) is 85.7 cm³/mol. The molecule has 1 aromatic carbocycles. The number of sulfone groups is 1. The Morgan fingerprint density at radius 2 is 1.82 bits per heavy atom. The van der Waals surface area contributed by atoms with Gasteiger partial charge >= 0.3 is 0 Å². The first kappa shape index (κ1) is 15.1. The first-order valence-electron chi connectivity index (χ1n) is 6.58. The molecular formula is C15H14N2O3S2. The molecule has 114 valence electrons.